The van der Waals surface area contributed by atoms with Gasteiger partial charge < -0.3 is 20.5 Å². The Labute approximate surface area is 94.5 Å². The van der Waals surface area contributed by atoms with Gasteiger partial charge in [-0.3, -0.25) is 4.79 Å². The van der Waals surface area contributed by atoms with Crippen LogP contribution >= 0.6 is 0 Å². The number of hydrogen-bond acceptors (Lipinski definition) is 5. The van der Waals surface area contributed by atoms with E-state index in [1.807, 2.05) is 6.92 Å². The van der Waals surface area contributed by atoms with Crippen LogP contribution in [0.5, 0.6) is 5.75 Å². The zero-order chi connectivity index (χ0) is 12.0. The summed E-state index contributed by atoms with van der Waals surface area (Å²) in [7, 11) is 1.34. The molecule has 0 amide bonds. The second-order valence-corrected chi connectivity index (χ2v) is 3.08. The van der Waals surface area contributed by atoms with E-state index in [9.17, 15) is 4.79 Å². The zero-order valence-corrected chi connectivity index (χ0v) is 9.45. The van der Waals surface area contributed by atoms with Crippen LogP contribution in [-0.4, -0.2) is 26.2 Å². The number of carbonyl (C=O) groups is 1. The third-order valence-corrected chi connectivity index (χ3v) is 2.02. The van der Waals surface area contributed by atoms with Gasteiger partial charge in [-0.2, -0.15) is 0 Å². The molecule has 0 unspecified atom stereocenters. The summed E-state index contributed by atoms with van der Waals surface area (Å²) in [6.45, 7) is 2.51. The molecule has 0 radical (unpaired) electrons. The zero-order valence-electron chi connectivity index (χ0n) is 9.45. The van der Waals surface area contributed by atoms with Gasteiger partial charge in [0.15, 0.2) is 0 Å². The minimum absolute atomic E-state index is 0.0796. The maximum absolute atomic E-state index is 11.0. The van der Waals surface area contributed by atoms with Crippen LogP contribution in [0.4, 0.5) is 11.4 Å². The van der Waals surface area contributed by atoms with Crippen LogP contribution in [0, 0.1) is 0 Å². The molecule has 1 aromatic rings. The van der Waals surface area contributed by atoms with Crippen molar-refractivity contribution in [2.24, 2.45) is 0 Å². The first-order valence-electron chi connectivity index (χ1n) is 5.01. The van der Waals surface area contributed by atoms with Crippen molar-refractivity contribution < 1.29 is 14.3 Å². The van der Waals surface area contributed by atoms with Crippen molar-refractivity contribution in [2.45, 2.75) is 6.92 Å². The topological polar surface area (TPSA) is 73.6 Å². The normalized spacial score (nSPS) is 9.62. The molecule has 88 valence electrons. The number of para-hydroxylation sites is 1. The molecule has 0 saturated heterocycles. The van der Waals surface area contributed by atoms with Crippen molar-refractivity contribution in [3.63, 3.8) is 0 Å². The van der Waals surface area contributed by atoms with Gasteiger partial charge in [0.1, 0.15) is 12.3 Å². The van der Waals surface area contributed by atoms with Gasteiger partial charge in [-0.1, -0.05) is 6.07 Å². The highest BCUT2D eigenvalue weighted by molar-refractivity contribution is 5.79. The fraction of sp³-hybridized carbons (Fsp3) is 0.364. The highest BCUT2D eigenvalue weighted by atomic mass is 16.5. The van der Waals surface area contributed by atoms with E-state index in [-0.39, 0.29) is 12.5 Å². The first-order valence-corrected chi connectivity index (χ1v) is 5.01. The fourth-order valence-corrected chi connectivity index (χ4v) is 1.22. The van der Waals surface area contributed by atoms with Gasteiger partial charge in [0, 0.05) is 0 Å². The first-order chi connectivity index (χ1) is 7.69. The van der Waals surface area contributed by atoms with Gasteiger partial charge >= 0.3 is 5.97 Å². The predicted molar refractivity (Wildman–Crippen MR) is 62.5 cm³/mol. The second kappa shape index (κ2) is 5.85. The molecular formula is C11H16N2O3. The number of benzene rings is 1. The third kappa shape index (κ3) is 3.05. The van der Waals surface area contributed by atoms with E-state index >= 15 is 0 Å². The van der Waals surface area contributed by atoms with Crippen molar-refractivity contribution in [1.29, 1.82) is 0 Å². The van der Waals surface area contributed by atoms with E-state index in [1.165, 1.54) is 7.11 Å². The van der Waals surface area contributed by atoms with Crippen molar-refractivity contribution in [1.82, 2.24) is 0 Å². The maximum Gasteiger partial charge on any atom is 0.325 e. The highest BCUT2D eigenvalue weighted by Gasteiger charge is 2.06. The Bertz CT molecular complexity index is 366. The lowest BCUT2D eigenvalue weighted by atomic mass is 10.2. The van der Waals surface area contributed by atoms with Gasteiger partial charge in [0.2, 0.25) is 0 Å². The molecule has 1 rings (SSSR count). The average Bonchev–Trinajstić information content (AvgIpc) is 2.30. The van der Waals surface area contributed by atoms with Crippen LogP contribution in [0.1, 0.15) is 6.92 Å². The number of hydrogen-bond donors (Lipinski definition) is 2. The minimum Gasteiger partial charge on any atom is -0.492 e. The molecule has 0 spiro atoms. The summed E-state index contributed by atoms with van der Waals surface area (Å²) in [5.41, 5.74) is 7.01. The van der Waals surface area contributed by atoms with Crippen LogP contribution in [0.3, 0.4) is 0 Å². The molecule has 0 atom stereocenters. The number of anilines is 2. The van der Waals surface area contributed by atoms with Crippen molar-refractivity contribution in [2.75, 3.05) is 31.3 Å². The molecule has 0 aliphatic rings. The Morgan fingerprint density at radius 2 is 2.25 bits per heavy atom. The van der Waals surface area contributed by atoms with Crippen LogP contribution in [-0.2, 0) is 9.53 Å². The van der Waals surface area contributed by atoms with E-state index in [0.29, 0.717) is 23.7 Å². The fourth-order valence-electron chi connectivity index (χ4n) is 1.22. The summed E-state index contributed by atoms with van der Waals surface area (Å²) in [5, 5.41) is 2.88. The lowest BCUT2D eigenvalue weighted by Crippen LogP contribution is -2.16. The Morgan fingerprint density at radius 3 is 2.88 bits per heavy atom. The van der Waals surface area contributed by atoms with E-state index in [1.54, 1.807) is 18.2 Å². The predicted octanol–water partition coefficient (Wildman–Crippen LogP) is 1.25. The molecule has 0 aliphatic carbocycles. The Hall–Kier alpha value is -1.91. The lowest BCUT2D eigenvalue weighted by Gasteiger charge is -2.12. The Balaban J connectivity index is 2.72. The number of carbonyl (C=O) groups excluding carboxylic acids is 1. The third-order valence-electron chi connectivity index (χ3n) is 2.02. The molecule has 16 heavy (non-hydrogen) atoms. The van der Waals surface area contributed by atoms with E-state index < -0.39 is 0 Å². The number of ether oxygens (including phenoxy) is 2. The summed E-state index contributed by atoms with van der Waals surface area (Å²) in [6, 6.07) is 5.36. The van der Waals surface area contributed by atoms with Crippen molar-refractivity contribution in [3.8, 4) is 5.75 Å². The smallest absolute Gasteiger partial charge is 0.325 e. The molecule has 3 N–H and O–H groups in total. The standard InChI is InChI=1S/C11H16N2O3/c1-3-16-9-6-4-5-8(11(9)12)13-7-10(14)15-2/h4-6,13H,3,7,12H2,1-2H3. The van der Waals surface area contributed by atoms with E-state index in [2.05, 4.69) is 10.1 Å². The van der Waals surface area contributed by atoms with Crippen LogP contribution in [0.15, 0.2) is 18.2 Å². The Kier molecular flexibility index (Phi) is 4.44. The number of rotatable bonds is 5. The summed E-state index contributed by atoms with van der Waals surface area (Å²) in [6.07, 6.45) is 0. The number of nitrogen functional groups attached to an aromatic ring is 1. The summed E-state index contributed by atoms with van der Waals surface area (Å²) >= 11 is 0. The SMILES string of the molecule is CCOc1cccc(NCC(=O)OC)c1N. The number of nitrogens with one attached hydrogen (secondary N) is 1. The molecule has 1 aromatic carbocycles. The first kappa shape index (κ1) is 12.2. The van der Waals surface area contributed by atoms with Gasteiger partial charge in [-0.15, -0.1) is 0 Å². The number of nitrogens with two attached hydrogens (primary N) is 1. The second-order valence-electron chi connectivity index (χ2n) is 3.08. The van der Waals surface area contributed by atoms with Gasteiger partial charge in [0.05, 0.1) is 25.1 Å². The molecule has 0 heterocycles. The quantitative estimate of drug-likeness (QED) is 0.581. The van der Waals surface area contributed by atoms with Crippen molar-refractivity contribution in [3.05, 3.63) is 18.2 Å². The monoisotopic (exact) mass is 224 g/mol. The molecule has 0 aliphatic heterocycles. The van der Waals surface area contributed by atoms with Gasteiger partial charge in [-0.25, -0.2) is 0 Å². The lowest BCUT2D eigenvalue weighted by molar-refractivity contribution is -0.138. The highest BCUT2D eigenvalue weighted by Crippen LogP contribution is 2.29. The average molecular weight is 224 g/mol. The molecule has 5 heteroatoms. The molecule has 0 aromatic heterocycles. The summed E-state index contributed by atoms with van der Waals surface area (Å²) in [5.74, 6) is 0.263. The summed E-state index contributed by atoms with van der Waals surface area (Å²) in [4.78, 5) is 11.0. The van der Waals surface area contributed by atoms with Crippen LogP contribution in [0.25, 0.3) is 0 Å². The van der Waals surface area contributed by atoms with Crippen LogP contribution < -0.4 is 15.8 Å². The molecule has 0 saturated carbocycles. The minimum atomic E-state index is -0.346. The summed E-state index contributed by atoms with van der Waals surface area (Å²) < 4.78 is 9.85. The van der Waals surface area contributed by atoms with Gasteiger partial charge in [-0.05, 0) is 19.1 Å². The van der Waals surface area contributed by atoms with Gasteiger partial charge in [0.25, 0.3) is 0 Å². The number of esters is 1. The molecule has 0 bridgehead atoms. The van der Waals surface area contributed by atoms with E-state index in [0.717, 1.165) is 0 Å². The maximum atomic E-state index is 11.0. The largest absolute Gasteiger partial charge is 0.492 e. The van der Waals surface area contributed by atoms with E-state index in [4.69, 9.17) is 10.5 Å². The van der Waals surface area contributed by atoms with Crippen LogP contribution in [0.2, 0.25) is 0 Å². The molecule has 5 nitrogen and oxygen atoms in total. The Morgan fingerprint density at radius 1 is 1.50 bits per heavy atom. The van der Waals surface area contributed by atoms with Crippen molar-refractivity contribution >= 4 is 17.3 Å². The molecular weight excluding hydrogens is 208 g/mol. The number of methoxy groups -OCH3 is 1. The molecule has 0 fully saturated rings.